The first-order chi connectivity index (χ1) is 5.33. The van der Waals surface area contributed by atoms with Crippen molar-refractivity contribution in [3.8, 4) is 0 Å². The third-order valence-corrected chi connectivity index (χ3v) is 1.13. The third kappa shape index (κ3) is 2.51. The first-order valence-electron chi connectivity index (χ1n) is 3.02. The number of hydrogen-bond acceptors (Lipinski definition) is 4. The number of rotatable bonds is 3. The summed E-state index contributed by atoms with van der Waals surface area (Å²) in [6.45, 7) is 4.14. The van der Waals surface area contributed by atoms with Gasteiger partial charge in [0.05, 0.1) is 0 Å². The lowest BCUT2D eigenvalue weighted by Crippen LogP contribution is -2.02. The van der Waals surface area contributed by atoms with E-state index in [4.69, 9.17) is 11.6 Å². The maximum absolute atomic E-state index is 5.50. The highest BCUT2D eigenvalue weighted by molar-refractivity contribution is 6.28. The Labute approximate surface area is 69.3 Å². The molecule has 5 heteroatoms. The van der Waals surface area contributed by atoms with Crippen LogP contribution in [-0.2, 0) is 0 Å². The summed E-state index contributed by atoms with van der Waals surface area (Å²) in [4.78, 5) is 11.2. The highest BCUT2D eigenvalue weighted by Gasteiger charge is 1.93. The molecule has 1 aromatic heterocycles. The van der Waals surface area contributed by atoms with Crippen LogP contribution in [-0.4, -0.2) is 21.5 Å². The lowest BCUT2D eigenvalue weighted by Gasteiger charge is -1.98. The molecule has 1 heterocycles. The Balaban J connectivity index is 2.63. The molecule has 1 N–H and O–H groups in total. The number of aromatic nitrogens is 3. The van der Waals surface area contributed by atoms with Crippen LogP contribution in [0.1, 0.15) is 0 Å². The molecule has 0 radical (unpaired) electrons. The van der Waals surface area contributed by atoms with E-state index in [9.17, 15) is 0 Å². The van der Waals surface area contributed by atoms with Gasteiger partial charge in [0, 0.05) is 6.54 Å². The largest absolute Gasteiger partial charge is 0.351 e. The summed E-state index contributed by atoms with van der Waals surface area (Å²) in [5.41, 5.74) is 0. The fraction of sp³-hybridized carbons (Fsp3) is 0.167. The van der Waals surface area contributed by atoms with E-state index in [0.29, 0.717) is 12.5 Å². The predicted octanol–water partition coefficient (Wildman–Crippen LogP) is 1.12. The van der Waals surface area contributed by atoms with E-state index >= 15 is 0 Å². The first-order valence-corrected chi connectivity index (χ1v) is 3.40. The third-order valence-electron chi connectivity index (χ3n) is 0.947. The summed E-state index contributed by atoms with van der Waals surface area (Å²) >= 11 is 5.50. The lowest BCUT2D eigenvalue weighted by atomic mass is 10.6. The van der Waals surface area contributed by atoms with E-state index in [-0.39, 0.29) is 5.28 Å². The molecule has 0 aliphatic carbocycles. The minimum Gasteiger partial charge on any atom is -0.351 e. The molecule has 0 saturated heterocycles. The molecular formula is C6H7ClN4. The van der Waals surface area contributed by atoms with E-state index in [0.717, 1.165) is 0 Å². The van der Waals surface area contributed by atoms with Crippen LogP contribution in [0.3, 0.4) is 0 Å². The van der Waals surface area contributed by atoms with Crippen molar-refractivity contribution in [2.45, 2.75) is 0 Å². The van der Waals surface area contributed by atoms with E-state index < -0.39 is 0 Å². The maximum atomic E-state index is 5.50. The van der Waals surface area contributed by atoms with Gasteiger partial charge < -0.3 is 5.32 Å². The molecule has 58 valence electrons. The summed E-state index contributed by atoms with van der Waals surface area (Å²) in [5.74, 6) is 0.463. The quantitative estimate of drug-likeness (QED) is 0.691. The van der Waals surface area contributed by atoms with Crippen molar-refractivity contribution >= 4 is 17.5 Å². The molecule has 0 spiro atoms. The van der Waals surface area contributed by atoms with Crippen molar-refractivity contribution in [1.29, 1.82) is 0 Å². The zero-order chi connectivity index (χ0) is 8.10. The van der Waals surface area contributed by atoms with Crippen LogP contribution in [0.25, 0.3) is 0 Å². The summed E-state index contributed by atoms with van der Waals surface area (Å²) in [7, 11) is 0. The molecule has 0 bridgehead atoms. The molecule has 1 rings (SSSR count). The van der Waals surface area contributed by atoms with Crippen LogP contribution < -0.4 is 5.32 Å². The molecule has 0 atom stereocenters. The Kier molecular flexibility index (Phi) is 2.80. The second-order valence-corrected chi connectivity index (χ2v) is 2.09. The van der Waals surface area contributed by atoms with Crippen LogP contribution in [0.15, 0.2) is 19.0 Å². The topological polar surface area (TPSA) is 50.7 Å². The molecule has 0 amide bonds. The molecule has 4 nitrogen and oxygen atoms in total. The minimum atomic E-state index is 0.187. The average Bonchev–Trinajstić information content (AvgIpc) is 2.01. The minimum absolute atomic E-state index is 0.187. The number of hydrogen-bond donors (Lipinski definition) is 1. The SMILES string of the molecule is C=CCNc1ncnc(Cl)n1. The standard InChI is InChI=1S/C6H7ClN4/c1-2-3-8-6-10-4-9-5(7)11-6/h2,4H,1,3H2,(H,8,9,10,11). The number of nitrogens with one attached hydrogen (secondary N) is 1. The van der Waals surface area contributed by atoms with Crippen molar-refractivity contribution < 1.29 is 0 Å². The molecule has 0 fully saturated rings. The first kappa shape index (κ1) is 7.94. The Hall–Kier alpha value is -1.16. The number of nitrogens with zero attached hydrogens (tertiary/aromatic N) is 3. The van der Waals surface area contributed by atoms with Crippen molar-refractivity contribution in [1.82, 2.24) is 15.0 Å². The van der Waals surface area contributed by atoms with E-state index in [1.54, 1.807) is 6.08 Å². The van der Waals surface area contributed by atoms with Gasteiger partial charge in [0.2, 0.25) is 11.2 Å². The van der Waals surface area contributed by atoms with E-state index in [1.807, 2.05) is 0 Å². The number of anilines is 1. The normalized spacial score (nSPS) is 9.18. The Morgan fingerprint density at radius 2 is 2.45 bits per heavy atom. The van der Waals surface area contributed by atoms with Gasteiger partial charge in [-0.3, -0.25) is 0 Å². The van der Waals surface area contributed by atoms with Crippen LogP contribution in [0.5, 0.6) is 0 Å². The number of halogens is 1. The van der Waals surface area contributed by atoms with Gasteiger partial charge >= 0.3 is 0 Å². The van der Waals surface area contributed by atoms with Gasteiger partial charge in [-0.05, 0) is 11.6 Å². The highest BCUT2D eigenvalue weighted by atomic mass is 35.5. The van der Waals surface area contributed by atoms with Crippen LogP contribution >= 0.6 is 11.6 Å². The second-order valence-electron chi connectivity index (χ2n) is 1.75. The van der Waals surface area contributed by atoms with Gasteiger partial charge in [0.15, 0.2) is 0 Å². The molecule has 1 aromatic rings. The highest BCUT2D eigenvalue weighted by Crippen LogP contribution is 2.00. The molecule has 0 aromatic carbocycles. The van der Waals surface area contributed by atoms with E-state index in [2.05, 4.69) is 26.8 Å². The summed E-state index contributed by atoms with van der Waals surface area (Å²) in [6, 6.07) is 0. The van der Waals surface area contributed by atoms with Gasteiger partial charge in [-0.25, -0.2) is 9.97 Å². The second kappa shape index (κ2) is 3.88. The van der Waals surface area contributed by atoms with Gasteiger partial charge in [-0.1, -0.05) is 6.08 Å². The van der Waals surface area contributed by atoms with Gasteiger partial charge in [0.25, 0.3) is 0 Å². The Bertz CT molecular complexity index is 250. The summed E-state index contributed by atoms with van der Waals surface area (Å²) in [5, 5.41) is 3.06. The molecule has 0 saturated carbocycles. The summed E-state index contributed by atoms with van der Waals surface area (Å²) in [6.07, 6.45) is 3.05. The van der Waals surface area contributed by atoms with Gasteiger partial charge in [0.1, 0.15) is 6.33 Å². The Morgan fingerprint density at radius 3 is 3.09 bits per heavy atom. The van der Waals surface area contributed by atoms with Crippen LogP contribution in [0.2, 0.25) is 5.28 Å². The monoisotopic (exact) mass is 170 g/mol. The zero-order valence-electron chi connectivity index (χ0n) is 5.79. The molecule has 0 unspecified atom stereocenters. The predicted molar refractivity (Wildman–Crippen MR) is 43.5 cm³/mol. The molecule has 0 aliphatic rings. The van der Waals surface area contributed by atoms with E-state index in [1.165, 1.54) is 6.33 Å². The Morgan fingerprint density at radius 1 is 1.64 bits per heavy atom. The van der Waals surface area contributed by atoms with Crippen LogP contribution in [0.4, 0.5) is 5.95 Å². The van der Waals surface area contributed by atoms with Crippen molar-refractivity contribution in [2.24, 2.45) is 0 Å². The van der Waals surface area contributed by atoms with Crippen molar-refractivity contribution in [3.63, 3.8) is 0 Å². The van der Waals surface area contributed by atoms with Crippen LogP contribution in [0, 0.1) is 0 Å². The van der Waals surface area contributed by atoms with Gasteiger partial charge in [-0.2, -0.15) is 4.98 Å². The molecular weight excluding hydrogens is 164 g/mol. The lowest BCUT2D eigenvalue weighted by molar-refractivity contribution is 1.03. The zero-order valence-corrected chi connectivity index (χ0v) is 6.54. The fourth-order valence-corrected chi connectivity index (χ4v) is 0.649. The molecule has 0 aliphatic heterocycles. The van der Waals surface area contributed by atoms with Crippen molar-refractivity contribution in [3.05, 3.63) is 24.3 Å². The smallest absolute Gasteiger partial charge is 0.227 e. The van der Waals surface area contributed by atoms with Crippen molar-refractivity contribution in [2.75, 3.05) is 11.9 Å². The average molecular weight is 171 g/mol. The fourth-order valence-electron chi connectivity index (χ4n) is 0.525. The summed E-state index contributed by atoms with van der Waals surface area (Å²) < 4.78 is 0. The van der Waals surface area contributed by atoms with Gasteiger partial charge in [-0.15, -0.1) is 6.58 Å². The maximum Gasteiger partial charge on any atom is 0.227 e. The molecule has 11 heavy (non-hydrogen) atoms.